The number of hydrogen-bond donors (Lipinski definition) is 2. The smallest absolute Gasteiger partial charge is 0.270 e. The standard InChI is InChI=1S/C17H14N4O4S/c22-15(8-9-18-16(23)11-4-2-1-3-5-11)20-17-19-13-7-6-12(21(24)25)10-14(13)26-17/h1-7,10H,8-9H2,(H,18,23)(H,19,20,22). The lowest BCUT2D eigenvalue weighted by molar-refractivity contribution is -0.384. The minimum absolute atomic E-state index is 0.0253. The van der Waals surface area contributed by atoms with Crippen molar-refractivity contribution >= 4 is 44.2 Å². The number of benzene rings is 2. The van der Waals surface area contributed by atoms with Gasteiger partial charge < -0.3 is 10.6 Å². The number of hydrogen-bond acceptors (Lipinski definition) is 6. The van der Waals surface area contributed by atoms with Gasteiger partial charge >= 0.3 is 0 Å². The van der Waals surface area contributed by atoms with Gasteiger partial charge in [0.1, 0.15) is 0 Å². The second-order valence-electron chi connectivity index (χ2n) is 5.35. The summed E-state index contributed by atoms with van der Waals surface area (Å²) < 4.78 is 0.617. The summed E-state index contributed by atoms with van der Waals surface area (Å²) in [6.07, 6.45) is 0.0919. The number of anilines is 1. The summed E-state index contributed by atoms with van der Waals surface area (Å²) in [6.45, 7) is 0.190. The van der Waals surface area contributed by atoms with Crippen LogP contribution in [0.4, 0.5) is 10.8 Å². The highest BCUT2D eigenvalue weighted by atomic mass is 32.1. The molecule has 0 aliphatic rings. The molecule has 3 rings (SSSR count). The van der Waals surface area contributed by atoms with E-state index in [1.165, 1.54) is 12.1 Å². The van der Waals surface area contributed by atoms with Crippen molar-refractivity contribution in [3.63, 3.8) is 0 Å². The first-order valence-electron chi connectivity index (χ1n) is 7.71. The third-order valence-corrected chi connectivity index (χ3v) is 4.44. The average Bonchev–Trinajstić information content (AvgIpc) is 3.03. The van der Waals surface area contributed by atoms with Crippen LogP contribution in [-0.4, -0.2) is 28.3 Å². The largest absolute Gasteiger partial charge is 0.352 e. The molecule has 0 aliphatic carbocycles. The molecule has 1 heterocycles. The molecule has 2 amide bonds. The number of nitro groups is 1. The predicted molar refractivity (Wildman–Crippen MR) is 98.3 cm³/mol. The number of nitrogens with zero attached hydrogens (tertiary/aromatic N) is 2. The minimum Gasteiger partial charge on any atom is -0.352 e. The number of thiazole rings is 1. The van der Waals surface area contributed by atoms with Gasteiger partial charge in [-0.25, -0.2) is 4.98 Å². The van der Waals surface area contributed by atoms with Gasteiger partial charge in [-0.1, -0.05) is 29.5 Å². The second-order valence-corrected chi connectivity index (χ2v) is 6.38. The van der Waals surface area contributed by atoms with Crippen LogP contribution in [0.15, 0.2) is 48.5 Å². The van der Waals surface area contributed by atoms with Crippen LogP contribution in [0.2, 0.25) is 0 Å². The summed E-state index contributed by atoms with van der Waals surface area (Å²) in [4.78, 5) is 38.4. The van der Waals surface area contributed by atoms with Gasteiger partial charge in [0.2, 0.25) is 5.91 Å². The van der Waals surface area contributed by atoms with Gasteiger partial charge in [0.25, 0.3) is 11.6 Å². The molecule has 0 saturated carbocycles. The first-order valence-corrected chi connectivity index (χ1v) is 8.52. The fourth-order valence-corrected chi connectivity index (χ4v) is 3.16. The normalized spacial score (nSPS) is 10.5. The lowest BCUT2D eigenvalue weighted by Gasteiger charge is -2.05. The molecule has 0 bridgehead atoms. The lowest BCUT2D eigenvalue weighted by atomic mass is 10.2. The second kappa shape index (κ2) is 7.70. The van der Waals surface area contributed by atoms with Crippen molar-refractivity contribution < 1.29 is 14.5 Å². The van der Waals surface area contributed by atoms with Crippen LogP contribution < -0.4 is 10.6 Å². The summed E-state index contributed by atoms with van der Waals surface area (Å²) in [6, 6.07) is 13.1. The molecule has 0 radical (unpaired) electrons. The molecule has 0 unspecified atom stereocenters. The molecule has 8 nitrogen and oxygen atoms in total. The predicted octanol–water partition coefficient (Wildman–Crippen LogP) is 2.96. The maximum atomic E-state index is 12.0. The fraction of sp³-hybridized carbons (Fsp3) is 0.118. The first kappa shape index (κ1) is 17.5. The molecule has 0 atom stereocenters. The number of aromatic nitrogens is 1. The Morgan fingerprint density at radius 3 is 2.65 bits per heavy atom. The molecule has 2 aromatic carbocycles. The maximum absolute atomic E-state index is 12.0. The summed E-state index contributed by atoms with van der Waals surface area (Å²) in [7, 11) is 0. The first-order chi connectivity index (χ1) is 12.5. The van der Waals surface area contributed by atoms with Gasteiger partial charge in [-0.3, -0.25) is 19.7 Å². The van der Waals surface area contributed by atoms with E-state index in [1.54, 1.807) is 30.3 Å². The van der Waals surface area contributed by atoms with Gasteiger partial charge in [-0.05, 0) is 18.2 Å². The Morgan fingerprint density at radius 2 is 1.92 bits per heavy atom. The Labute approximate surface area is 152 Å². The quantitative estimate of drug-likeness (QED) is 0.511. The van der Waals surface area contributed by atoms with Crippen molar-refractivity contribution in [3.05, 3.63) is 64.2 Å². The molecule has 0 fully saturated rings. The summed E-state index contributed by atoms with van der Waals surface area (Å²) in [5.74, 6) is -0.544. The van der Waals surface area contributed by atoms with Crippen molar-refractivity contribution in [3.8, 4) is 0 Å². The zero-order valence-corrected chi connectivity index (χ0v) is 14.3. The maximum Gasteiger partial charge on any atom is 0.270 e. The van der Waals surface area contributed by atoms with E-state index < -0.39 is 4.92 Å². The van der Waals surface area contributed by atoms with E-state index in [-0.39, 0.29) is 30.5 Å². The van der Waals surface area contributed by atoms with Gasteiger partial charge in [0, 0.05) is 30.7 Å². The number of amides is 2. The van der Waals surface area contributed by atoms with Crippen LogP contribution in [0.5, 0.6) is 0 Å². The molecule has 3 aromatic rings. The molecular formula is C17H14N4O4S. The number of nitro benzene ring substituents is 1. The van der Waals surface area contributed by atoms with E-state index in [0.717, 1.165) is 11.3 Å². The Hall–Kier alpha value is -3.33. The van der Waals surface area contributed by atoms with Gasteiger partial charge in [0.05, 0.1) is 15.1 Å². The molecule has 9 heteroatoms. The molecule has 0 saturated heterocycles. The molecule has 2 N–H and O–H groups in total. The molecular weight excluding hydrogens is 356 g/mol. The average molecular weight is 370 g/mol. The van der Waals surface area contributed by atoms with Gasteiger partial charge in [-0.2, -0.15) is 0 Å². The fourth-order valence-electron chi connectivity index (χ4n) is 2.24. The number of rotatable bonds is 6. The molecule has 26 heavy (non-hydrogen) atoms. The molecule has 1 aromatic heterocycles. The summed E-state index contributed by atoms with van der Waals surface area (Å²) >= 11 is 1.16. The highest BCUT2D eigenvalue weighted by Gasteiger charge is 2.12. The van der Waals surface area contributed by atoms with Crippen LogP contribution in [0.1, 0.15) is 16.8 Å². The number of carbonyl (C=O) groups is 2. The zero-order valence-electron chi connectivity index (χ0n) is 13.5. The number of nitrogens with one attached hydrogen (secondary N) is 2. The van der Waals surface area contributed by atoms with E-state index in [4.69, 9.17) is 0 Å². The monoisotopic (exact) mass is 370 g/mol. The zero-order chi connectivity index (χ0) is 18.5. The highest BCUT2D eigenvalue weighted by molar-refractivity contribution is 7.22. The third kappa shape index (κ3) is 4.19. The van der Waals surface area contributed by atoms with Crippen molar-refractivity contribution in [2.45, 2.75) is 6.42 Å². The van der Waals surface area contributed by atoms with Crippen LogP contribution in [0.3, 0.4) is 0 Å². The number of fused-ring (bicyclic) bond motifs is 1. The van der Waals surface area contributed by atoms with Crippen LogP contribution in [-0.2, 0) is 4.79 Å². The minimum atomic E-state index is -0.479. The number of non-ortho nitro benzene ring substituents is 1. The topological polar surface area (TPSA) is 114 Å². The highest BCUT2D eigenvalue weighted by Crippen LogP contribution is 2.29. The van der Waals surface area contributed by atoms with Crippen LogP contribution >= 0.6 is 11.3 Å². The van der Waals surface area contributed by atoms with Crippen LogP contribution in [0, 0.1) is 10.1 Å². The lowest BCUT2D eigenvalue weighted by Crippen LogP contribution is -2.27. The summed E-state index contributed by atoms with van der Waals surface area (Å²) in [5.41, 5.74) is 1.08. The van der Waals surface area contributed by atoms with Crippen molar-refractivity contribution in [1.29, 1.82) is 0 Å². The Morgan fingerprint density at radius 1 is 1.15 bits per heavy atom. The Bertz CT molecular complexity index is 971. The third-order valence-electron chi connectivity index (χ3n) is 3.50. The van der Waals surface area contributed by atoms with Crippen molar-refractivity contribution in [1.82, 2.24) is 10.3 Å². The van der Waals surface area contributed by atoms with E-state index in [0.29, 0.717) is 20.9 Å². The molecule has 0 aliphatic heterocycles. The van der Waals surface area contributed by atoms with Crippen molar-refractivity contribution in [2.24, 2.45) is 0 Å². The van der Waals surface area contributed by atoms with Crippen molar-refractivity contribution in [2.75, 3.05) is 11.9 Å². The van der Waals surface area contributed by atoms with E-state index in [1.807, 2.05) is 6.07 Å². The van der Waals surface area contributed by atoms with Gasteiger partial charge in [-0.15, -0.1) is 0 Å². The molecule has 132 valence electrons. The van der Waals surface area contributed by atoms with Gasteiger partial charge in [0.15, 0.2) is 5.13 Å². The Balaban J connectivity index is 1.54. The van der Waals surface area contributed by atoms with E-state index in [9.17, 15) is 19.7 Å². The van der Waals surface area contributed by atoms with Crippen LogP contribution in [0.25, 0.3) is 10.2 Å². The SMILES string of the molecule is O=C(CCNC(=O)c1ccccc1)Nc1nc2ccc([N+](=O)[O-])cc2s1. The number of carbonyl (C=O) groups excluding carboxylic acids is 2. The molecule has 0 spiro atoms. The Kier molecular flexibility index (Phi) is 5.18. The summed E-state index contributed by atoms with van der Waals surface area (Å²) in [5, 5.41) is 16.5. The van der Waals surface area contributed by atoms with E-state index >= 15 is 0 Å². The van der Waals surface area contributed by atoms with E-state index in [2.05, 4.69) is 15.6 Å².